The van der Waals surface area contributed by atoms with E-state index in [1.165, 1.54) is 32.1 Å². The summed E-state index contributed by atoms with van der Waals surface area (Å²) in [5, 5.41) is 3.64. The zero-order chi connectivity index (χ0) is 13.9. The maximum absolute atomic E-state index is 6.12. The maximum atomic E-state index is 6.12. The average molecular weight is 271 g/mol. The van der Waals surface area contributed by atoms with E-state index in [4.69, 9.17) is 9.47 Å². The van der Waals surface area contributed by atoms with Crippen molar-refractivity contribution in [2.24, 2.45) is 5.92 Å². The number of hydrogen-bond acceptors (Lipinski definition) is 3. The van der Waals surface area contributed by atoms with E-state index in [-0.39, 0.29) is 0 Å². The highest BCUT2D eigenvalue weighted by Gasteiger charge is 2.30. The molecule has 19 heavy (non-hydrogen) atoms. The van der Waals surface area contributed by atoms with Crippen molar-refractivity contribution >= 4 is 0 Å². The molecule has 3 heteroatoms. The third-order valence-electron chi connectivity index (χ3n) is 4.20. The first kappa shape index (κ1) is 16.9. The van der Waals surface area contributed by atoms with Gasteiger partial charge in [0.25, 0.3) is 0 Å². The summed E-state index contributed by atoms with van der Waals surface area (Å²) in [6.07, 6.45) is 9.52. The van der Waals surface area contributed by atoms with Crippen molar-refractivity contribution < 1.29 is 9.47 Å². The van der Waals surface area contributed by atoms with Gasteiger partial charge in [-0.05, 0) is 45.1 Å². The zero-order valence-electron chi connectivity index (χ0n) is 13.1. The van der Waals surface area contributed by atoms with Crippen molar-refractivity contribution in [3.8, 4) is 0 Å². The largest absolute Gasteiger partial charge is 0.385 e. The van der Waals surface area contributed by atoms with Crippen LogP contribution in [0.15, 0.2) is 0 Å². The minimum absolute atomic E-state index is 0.391. The smallest absolute Gasteiger partial charge is 0.0755 e. The van der Waals surface area contributed by atoms with E-state index in [1.807, 2.05) is 0 Å². The van der Waals surface area contributed by atoms with Gasteiger partial charge in [0, 0.05) is 26.4 Å². The molecule has 114 valence electrons. The molecule has 0 aromatic carbocycles. The molecule has 1 fully saturated rings. The summed E-state index contributed by atoms with van der Waals surface area (Å²) in [5.41, 5.74) is 0. The Morgan fingerprint density at radius 1 is 1.16 bits per heavy atom. The van der Waals surface area contributed by atoms with E-state index in [2.05, 4.69) is 19.2 Å². The Morgan fingerprint density at radius 2 is 1.89 bits per heavy atom. The summed E-state index contributed by atoms with van der Waals surface area (Å²) in [5.74, 6) is 0.750. The van der Waals surface area contributed by atoms with Crippen molar-refractivity contribution in [3.63, 3.8) is 0 Å². The molecule has 3 nitrogen and oxygen atoms in total. The molecule has 0 heterocycles. The number of rotatable bonds is 10. The molecule has 1 aliphatic carbocycles. The van der Waals surface area contributed by atoms with Crippen LogP contribution in [0.25, 0.3) is 0 Å². The van der Waals surface area contributed by atoms with Crippen LogP contribution in [0.1, 0.15) is 58.8 Å². The lowest BCUT2D eigenvalue weighted by Crippen LogP contribution is -2.46. The molecule has 0 saturated heterocycles. The van der Waals surface area contributed by atoms with Crippen molar-refractivity contribution in [2.75, 3.05) is 26.9 Å². The fraction of sp³-hybridized carbons (Fsp3) is 1.00. The van der Waals surface area contributed by atoms with Gasteiger partial charge in [0.15, 0.2) is 0 Å². The Bertz CT molecular complexity index is 205. The molecule has 0 radical (unpaired) electrons. The second-order valence-electron chi connectivity index (χ2n) is 5.62. The van der Waals surface area contributed by atoms with Gasteiger partial charge >= 0.3 is 0 Å². The van der Waals surface area contributed by atoms with Gasteiger partial charge < -0.3 is 14.8 Å². The fourth-order valence-electron chi connectivity index (χ4n) is 3.33. The van der Waals surface area contributed by atoms with Crippen molar-refractivity contribution in [1.29, 1.82) is 0 Å². The third kappa shape index (κ3) is 6.24. The van der Waals surface area contributed by atoms with E-state index in [0.717, 1.165) is 38.5 Å². The Labute approximate surface area is 119 Å². The Balaban J connectivity index is 2.55. The lowest BCUT2D eigenvalue weighted by atomic mass is 9.81. The third-order valence-corrected chi connectivity index (χ3v) is 4.20. The molecule has 1 rings (SSSR count). The van der Waals surface area contributed by atoms with Gasteiger partial charge in [-0.25, -0.2) is 0 Å². The van der Waals surface area contributed by atoms with E-state index < -0.39 is 0 Å². The van der Waals surface area contributed by atoms with Crippen molar-refractivity contribution in [3.05, 3.63) is 0 Å². The van der Waals surface area contributed by atoms with Gasteiger partial charge in [0.05, 0.1) is 6.10 Å². The molecule has 0 aromatic rings. The average Bonchev–Trinajstić information content (AvgIpc) is 2.45. The molecule has 1 N–H and O–H groups in total. The van der Waals surface area contributed by atoms with Crippen LogP contribution in [0.2, 0.25) is 0 Å². The Hall–Kier alpha value is -0.120. The first-order valence-corrected chi connectivity index (χ1v) is 8.17. The lowest BCUT2D eigenvalue weighted by molar-refractivity contribution is -0.0204. The first-order valence-electron chi connectivity index (χ1n) is 8.17. The van der Waals surface area contributed by atoms with Crippen molar-refractivity contribution in [2.45, 2.75) is 70.9 Å². The summed E-state index contributed by atoms with van der Waals surface area (Å²) in [6, 6.07) is 0.489. The van der Waals surface area contributed by atoms with Gasteiger partial charge in [-0.2, -0.15) is 0 Å². The van der Waals surface area contributed by atoms with Crippen LogP contribution in [0.4, 0.5) is 0 Å². The molecule has 0 aromatic heterocycles. The van der Waals surface area contributed by atoms with E-state index >= 15 is 0 Å². The first-order chi connectivity index (χ1) is 9.33. The summed E-state index contributed by atoms with van der Waals surface area (Å²) in [6.45, 7) is 7.01. The van der Waals surface area contributed by atoms with Crippen LogP contribution in [0.5, 0.6) is 0 Å². The van der Waals surface area contributed by atoms with Crippen molar-refractivity contribution in [1.82, 2.24) is 5.32 Å². The minimum atomic E-state index is 0.391. The van der Waals surface area contributed by atoms with Crippen LogP contribution in [-0.2, 0) is 9.47 Å². The number of ether oxygens (including phenoxy) is 2. The predicted octanol–water partition coefficient (Wildman–Crippen LogP) is 3.38. The molecular formula is C16H33NO2. The van der Waals surface area contributed by atoms with Gasteiger partial charge in [-0.15, -0.1) is 0 Å². The lowest BCUT2D eigenvalue weighted by Gasteiger charge is -2.36. The Kier molecular flexibility index (Phi) is 9.48. The SMILES string of the molecule is CCNC(CCCOC)C(OCC)C1CCCCC1. The predicted molar refractivity (Wildman–Crippen MR) is 80.6 cm³/mol. The molecule has 1 saturated carbocycles. The highest BCUT2D eigenvalue weighted by Crippen LogP contribution is 2.30. The highest BCUT2D eigenvalue weighted by molar-refractivity contribution is 4.84. The standard InChI is InChI=1S/C16H33NO2/c1-4-17-15(12-9-13-18-3)16(19-5-2)14-10-7-6-8-11-14/h14-17H,4-13H2,1-3H3. The monoisotopic (exact) mass is 271 g/mol. The number of hydrogen-bond donors (Lipinski definition) is 1. The van der Waals surface area contributed by atoms with Gasteiger partial charge in [0.2, 0.25) is 0 Å². The molecule has 0 aliphatic heterocycles. The number of likely N-dealkylation sites (N-methyl/N-ethyl adjacent to an activating group) is 1. The van der Waals surface area contributed by atoms with E-state index in [1.54, 1.807) is 7.11 Å². The van der Waals surface area contributed by atoms with E-state index in [0.29, 0.717) is 12.1 Å². The van der Waals surface area contributed by atoms with Crippen LogP contribution in [0, 0.1) is 5.92 Å². The summed E-state index contributed by atoms with van der Waals surface area (Å²) in [7, 11) is 1.78. The fourth-order valence-corrected chi connectivity index (χ4v) is 3.33. The second kappa shape index (κ2) is 10.6. The maximum Gasteiger partial charge on any atom is 0.0755 e. The van der Waals surface area contributed by atoms with Crippen LogP contribution >= 0.6 is 0 Å². The molecule has 2 atom stereocenters. The van der Waals surface area contributed by atoms with Crippen LogP contribution in [-0.4, -0.2) is 39.0 Å². The number of methoxy groups -OCH3 is 1. The zero-order valence-corrected chi connectivity index (χ0v) is 13.1. The highest BCUT2D eigenvalue weighted by atomic mass is 16.5. The topological polar surface area (TPSA) is 30.5 Å². The van der Waals surface area contributed by atoms with Gasteiger partial charge in [0.1, 0.15) is 0 Å². The Morgan fingerprint density at radius 3 is 2.47 bits per heavy atom. The number of nitrogens with one attached hydrogen (secondary N) is 1. The summed E-state index contributed by atoms with van der Waals surface area (Å²) in [4.78, 5) is 0. The molecule has 0 spiro atoms. The normalized spacial score (nSPS) is 20.4. The minimum Gasteiger partial charge on any atom is -0.385 e. The van der Waals surface area contributed by atoms with Crippen LogP contribution in [0.3, 0.4) is 0 Å². The molecule has 2 unspecified atom stereocenters. The summed E-state index contributed by atoms with van der Waals surface area (Å²) < 4.78 is 11.3. The van der Waals surface area contributed by atoms with Gasteiger partial charge in [-0.3, -0.25) is 0 Å². The molecule has 0 amide bonds. The molecule has 0 bridgehead atoms. The second-order valence-corrected chi connectivity index (χ2v) is 5.62. The van der Waals surface area contributed by atoms with Crippen LogP contribution < -0.4 is 5.32 Å². The summed E-state index contributed by atoms with van der Waals surface area (Å²) >= 11 is 0. The molecular weight excluding hydrogens is 238 g/mol. The quantitative estimate of drug-likeness (QED) is 0.618. The van der Waals surface area contributed by atoms with Gasteiger partial charge in [-0.1, -0.05) is 26.2 Å². The van der Waals surface area contributed by atoms with E-state index in [9.17, 15) is 0 Å². The molecule has 1 aliphatic rings.